The van der Waals surface area contributed by atoms with Crippen LogP contribution in [0.2, 0.25) is 0 Å². The minimum atomic E-state index is -0.0904. The molecule has 4 heteroatoms. The highest BCUT2D eigenvalue weighted by Gasteiger charge is 2.37. The monoisotopic (exact) mass is 225 g/mol. The fraction of sp³-hybridized carbons (Fsp3) is 0.545. The van der Waals surface area contributed by atoms with E-state index in [0.29, 0.717) is 6.54 Å². The molecular formula is C11H15NO2S. The molecule has 1 aliphatic carbocycles. The molecule has 0 spiro atoms. The van der Waals surface area contributed by atoms with Crippen LogP contribution in [0.3, 0.4) is 0 Å². The summed E-state index contributed by atoms with van der Waals surface area (Å²) in [6.45, 7) is 0.625. The molecule has 15 heavy (non-hydrogen) atoms. The Bertz CT molecular complexity index is 325. The van der Waals surface area contributed by atoms with Crippen LogP contribution in [0.1, 0.15) is 28.9 Å². The number of carbonyl (C=O) groups excluding carboxylic acids is 1. The van der Waals surface area contributed by atoms with Crippen molar-refractivity contribution in [2.45, 2.75) is 24.9 Å². The van der Waals surface area contributed by atoms with Crippen LogP contribution in [0.15, 0.2) is 17.5 Å². The summed E-state index contributed by atoms with van der Waals surface area (Å²) >= 11 is 1.46. The lowest BCUT2D eigenvalue weighted by atomic mass is 9.80. The van der Waals surface area contributed by atoms with Gasteiger partial charge in [-0.05, 0) is 30.7 Å². The molecule has 1 heterocycles. The first-order valence-corrected chi connectivity index (χ1v) is 6.01. The molecule has 0 aromatic carbocycles. The molecule has 1 N–H and O–H groups in total. The van der Waals surface area contributed by atoms with Crippen molar-refractivity contribution in [1.82, 2.24) is 5.32 Å². The second-order valence-corrected chi connectivity index (χ2v) is 4.85. The highest BCUT2D eigenvalue weighted by atomic mass is 32.1. The summed E-state index contributed by atoms with van der Waals surface area (Å²) in [5.74, 6) is 0.00771. The van der Waals surface area contributed by atoms with Gasteiger partial charge in [-0.15, -0.1) is 11.3 Å². The summed E-state index contributed by atoms with van der Waals surface area (Å²) in [6, 6.07) is 3.72. The molecule has 0 bridgehead atoms. The first-order chi connectivity index (χ1) is 7.26. The first-order valence-electron chi connectivity index (χ1n) is 5.13. The molecule has 0 unspecified atom stereocenters. The Kier molecular flexibility index (Phi) is 3.07. The van der Waals surface area contributed by atoms with E-state index in [0.717, 1.165) is 17.7 Å². The van der Waals surface area contributed by atoms with E-state index >= 15 is 0 Å². The molecule has 1 aromatic rings. The number of methoxy groups -OCH3 is 1. The largest absolute Gasteiger partial charge is 0.376 e. The molecule has 1 fully saturated rings. The first kappa shape index (κ1) is 10.6. The molecule has 1 aromatic heterocycles. The zero-order chi connectivity index (χ0) is 10.7. The summed E-state index contributed by atoms with van der Waals surface area (Å²) in [4.78, 5) is 12.4. The Hall–Kier alpha value is -0.870. The van der Waals surface area contributed by atoms with Crippen molar-refractivity contribution >= 4 is 17.2 Å². The van der Waals surface area contributed by atoms with E-state index in [2.05, 4.69) is 5.32 Å². The van der Waals surface area contributed by atoms with Gasteiger partial charge in [-0.2, -0.15) is 0 Å². The van der Waals surface area contributed by atoms with Crippen molar-refractivity contribution < 1.29 is 9.53 Å². The Morgan fingerprint density at radius 2 is 2.47 bits per heavy atom. The molecule has 2 rings (SSSR count). The van der Waals surface area contributed by atoms with Crippen molar-refractivity contribution in [2.75, 3.05) is 13.7 Å². The van der Waals surface area contributed by atoms with E-state index < -0.39 is 0 Å². The highest BCUT2D eigenvalue weighted by molar-refractivity contribution is 7.12. The average Bonchev–Trinajstić information content (AvgIpc) is 2.69. The summed E-state index contributed by atoms with van der Waals surface area (Å²) in [5, 5.41) is 4.83. The van der Waals surface area contributed by atoms with Gasteiger partial charge in [0.1, 0.15) is 0 Å². The second kappa shape index (κ2) is 4.33. The smallest absolute Gasteiger partial charge is 0.261 e. The fourth-order valence-electron chi connectivity index (χ4n) is 1.76. The number of carbonyl (C=O) groups is 1. The van der Waals surface area contributed by atoms with Crippen molar-refractivity contribution in [1.29, 1.82) is 0 Å². The van der Waals surface area contributed by atoms with Gasteiger partial charge < -0.3 is 10.1 Å². The Labute approximate surface area is 93.4 Å². The lowest BCUT2D eigenvalue weighted by molar-refractivity contribution is -0.0679. The molecule has 0 radical (unpaired) electrons. The van der Waals surface area contributed by atoms with E-state index in [4.69, 9.17) is 4.74 Å². The highest BCUT2D eigenvalue weighted by Crippen LogP contribution is 2.34. The van der Waals surface area contributed by atoms with Gasteiger partial charge in [0.25, 0.3) is 5.91 Å². The van der Waals surface area contributed by atoms with Crippen LogP contribution in [0.4, 0.5) is 0 Å². The lowest BCUT2D eigenvalue weighted by Crippen LogP contribution is -2.49. The molecule has 82 valence electrons. The van der Waals surface area contributed by atoms with Gasteiger partial charge in [0.05, 0.1) is 10.5 Å². The third kappa shape index (κ3) is 2.21. The fourth-order valence-corrected chi connectivity index (χ4v) is 2.40. The normalized spacial score (nSPS) is 18.2. The van der Waals surface area contributed by atoms with E-state index in [-0.39, 0.29) is 11.5 Å². The van der Waals surface area contributed by atoms with Crippen molar-refractivity contribution in [2.24, 2.45) is 0 Å². The van der Waals surface area contributed by atoms with Crippen LogP contribution in [0.5, 0.6) is 0 Å². The third-order valence-electron chi connectivity index (χ3n) is 3.01. The van der Waals surface area contributed by atoms with Crippen molar-refractivity contribution in [3.05, 3.63) is 22.4 Å². The van der Waals surface area contributed by atoms with Crippen LogP contribution < -0.4 is 5.32 Å². The standard InChI is InChI=1S/C11H15NO2S/c1-14-11(5-3-6-11)8-12-10(13)9-4-2-7-15-9/h2,4,7H,3,5-6,8H2,1H3,(H,12,13). The van der Waals surface area contributed by atoms with Crippen LogP contribution in [0, 0.1) is 0 Å². The number of hydrogen-bond donors (Lipinski definition) is 1. The molecule has 1 saturated carbocycles. The van der Waals surface area contributed by atoms with Gasteiger partial charge >= 0.3 is 0 Å². The van der Waals surface area contributed by atoms with Gasteiger partial charge in [0.2, 0.25) is 0 Å². The van der Waals surface area contributed by atoms with E-state index in [9.17, 15) is 4.79 Å². The molecule has 1 amide bonds. The molecule has 3 nitrogen and oxygen atoms in total. The second-order valence-electron chi connectivity index (χ2n) is 3.90. The topological polar surface area (TPSA) is 38.3 Å². The minimum absolute atomic E-state index is 0.00771. The van der Waals surface area contributed by atoms with Crippen LogP contribution in [0.25, 0.3) is 0 Å². The maximum atomic E-state index is 11.7. The maximum absolute atomic E-state index is 11.7. The number of nitrogens with one attached hydrogen (secondary N) is 1. The molecule has 1 aliphatic rings. The summed E-state index contributed by atoms with van der Waals surface area (Å²) in [7, 11) is 1.72. The van der Waals surface area contributed by atoms with Crippen LogP contribution >= 0.6 is 11.3 Å². The summed E-state index contributed by atoms with van der Waals surface area (Å²) in [6.07, 6.45) is 3.30. The van der Waals surface area contributed by atoms with Gasteiger partial charge in [0, 0.05) is 13.7 Å². The SMILES string of the molecule is COC1(CNC(=O)c2cccs2)CCC1. The maximum Gasteiger partial charge on any atom is 0.261 e. The zero-order valence-corrected chi connectivity index (χ0v) is 9.60. The summed E-state index contributed by atoms with van der Waals surface area (Å²) in [5.41, 5.74) is -0.0904. The predicted molar refractivity (Wildman–Crippen MR) is 60.2 cm³/mol. The van der Waals surface area contributed by atoms with E-state index in [1.54, 1.807) is 7.11 Å². The molecule has 0 atom stereocenters. The summed E-state index contributed by atoms with van der Waals surface area (Å²) < 4.78 is 5.43. The number of rotatable bonds is 4. The molecular weight excluding hydrogens is 210 g/mol. The van der Waals surface area contributed by atoms with Crippen LogP contribution in [-0.2, 0) is 4.74 Å². The third-order valence-corrected chi connectivity index (χ3v) is 3.88. The number of ether oxygens (including phenoxy) is 1. The van der Waals surface area contributed by atoms with Crippen molar-refractivity contribution in [3.63, 3.8) is 0 Å². The Morgan fingerprint density at radius 3 is 2.93 bits per heavy atom. The number of amides is 1. The van der Waals surface area contributed by atoms with Crippen molar-refractivity contribution in [3.8, 4) is 0 Å². The Morgan fingerprint density at radius 1 is 1.67 bits per heavy atom. The Balaban J connectivity index is 1.85. The van der Waals surface area contributed by atoms with E-state index in [1.807, 2.05) is 17.5 Å². The van der Waals surface area contributed by atoms with Gasteiger partial charge in [0.15, 0.2) is 0 Å². The van der Waals surface area contributed by atoms with Gasteiger partial charge in [-0.3, -0.25) is 4.79 Å². The quantitative estimate of drug-likeness (QED) is 0.851. The van der Waals surface area contributed by atoms with Gasteiger partial charge in [-0.1, -0.05) is 6.07 Å². The lowest BCUT2D eigenvalue weighted by Gasteiger charge is -2.40. The average molecular weight is 225 g/mol. The zero-order valence-electron chi connectivity index (χ0n) is 8.79. The predicted octanol–water partition coefficient (Wildman–Crippen LogP) is 2.05. The minimum Gasteiger partial charge on any atom is -0.376 e. The van der Waals surface area contributed by atoms with E-state index in [1.165, 1.54) is 17.8 Å². The van der Waals surface area contributed by atoms with Crippen LogP contribution in [-0.4, -0.2) is 25.2 Å². The van der Waals surface area contributed by atoms with Gasteiger partial charge in [-0.25, -0.2) is 0 Å². The molecule has 0 saturated heterocycles. The number of thiophene rings is 1. The number of hydrogen-bond acceptors (Lipinski definition) is 3. The molecule has 0 aliphatic heterocycles.